The number of ether oxygens (including phenoxy) is 3. The number of hydrogen-bond acceptors (Lipinski definition) is 4. The lowest BCUT2D eigenvalue weighted by Crippen LogP contribution is -2.12. The summed E-state index contributed by atoms with van der Waals surface area (Å²) in [7, 11) is 1.63. The van der Waals surface area contributed by atoms with Gasteiger partial charge < -0.3 is 19.5 Å². The first kappa shape index (κ1) is 18.8. The van der Waals surface area contributed by atoms with E-state index in [1.54, 1.807) is 19.2 Å². The highest BCUT2D eigenvalue weighted by Crippen LogP contribution is 2.18. The van der Waals surface area contributed by atoms with Gasteiger partial charge >= 0.3 is 0 Å². The second kappa shape index (κ2) is 10.4. The van der Waals surface area contributed by atoms with E-state index in [9.17, 15) is 4.79 Å². The first-order valence-electron chi connectivity index (χ1n) is 8.49. The van der Waals surface area contributed by atoms with Crippen molar-refractivity contribution in [1.29, 1.82) is 0 Å². The molecular weight excluding hydrogens is 318 g/mol. The van der Waals surface area contributed by atoms with Crippen molar-refractivity contribution in [2.24, 2.45) is 0 Å². The van der Waals surface area contributed by atoms with Crippen LogP contribution < -0.4 is 14.8 Å². The molecule has 0 aromatic heterocycles. The molecule has 2 aromatic carbocycles. The number of carbonyl (C=O) groups excluding carboxylic acids is 1. The molecule has 2 aromatic rings. The molecule has 1 N–H and O–H groups in total. The van der Waals surface area contributed by atoms with Crippen molar-refractivity contribution in [3.8, 4) is 11.5 Å². The monoisotopic (exact) mass is 343 g/mol. The van der Waals surface area contributed by atoms with Crippen LogP contribution in [0.25, 0.3) is 0 Å². The Morgan fingerprint density at radius 2 is 1.72 bits per heavy atom. The maximum atomic E-state index is 12.4. The van der Waals surface area contributed by atoms with Gasteiger partial charge in [-0.25, -0.2) is 0 Å². The van der Waals surface area contributed by atoms with Gasteiger partial charge in [-0.05, 0) is 48.9 Å². The second-order valence-electron chi connectivity index (χ2n) is 5.55. The highest BCUT2D eigenvalue weighted by molar-refractivity contribution is 6.04. The van der Waals surface area contributed by atoms with Crippen molar-refractivity contribution in [1.82, 2.24) is 0 Å². The molecule has 0 heterocycles. The van der Waals surface area contributed by atoms with E-state index < -0.39 is 0 Å². The second-order valence-corrected chi connectivity index (χ2v) is 5.55. The molecule has 2 rings (SSSR count). The van der Waals surface area contributed by atoms with Gasteiger partial charge in [0.1, 0.15) is 18.1 Å². The molecule has 0 saturated heterocycles. The molecule has 0 spiro atoms. The number of carbonyl (C=O) groups is 1. The number of amides is 1. The van der Waals surface area contributed by atoms with Crippen molar-refractivity contribution in [2.75, 3.05) is 32.2 Å². The number of hydrogen-bond donors (Lipinski definition) is 1. The number of methoxy groups -OCH3 is 1. The van der Waals surface area contributed by atoms with E-state index in [1.807, 2.05) is 36.4 Å². The van der Waals surface area contributed by atoms with Crippen LogP contribution in [0, 0.1) is 0 Å². The molecule has 0 bridgehead atoms. The van der Waals surface area contributed by atoms with Crippen LogP contribution in [0.2, 0.25) is 0 Å². The molecule has 0 unspecified atom stereocenters. The van der Waals surface area contributed by atoms with Crippen molar-refractivity contribution in [3.05, 3.63) is 54.1 Å². The number of anilines is 1. The van der Waals surface area contributed by atoms with Crippen molar-refractivity contribution in [3.63, 3.8) is 0 Å². The van der Waals surface area contributed by atoms with E-state index in [1.165, 1.54) is 0 Å². The SMILES string of the molecule is CCCCOc1cccc(C(=O)Nc2ccc(OCCOC)cc2)c1. The molecule has 0 aliphatic rings. The number of nitrogens with one attached hydrogen (secondary N) is 1. The van der Waals surface area contributed by atoms with Crippen molar-refractivity contribution in [2.45, 2.75) is 19.8 Å². The Kier molecular flexibility index (Phi) is 7.79. The van der Waals surface area contributed by atoms with E-state index >= 15 is 0 Å². The Bertz CT molecular complexity index is 655. The molecule has 0 saturated carbocycles. The molecule has 0 radical (unpaired) electrons. The van der Waals surface area contributed by atoms with Crippen LogP contribution in [0.5, 0.6) is 11.5 Å². The largest absolute Gasteiger partial charge is 0.494 e. The van der Waals surface area contributed by atoms with Gasteiger partial charge in [0, 0.05) is 18.4 Å². The fraction of sp³-hybridized carbons (Fsp3) is 0.350. The lowest BCUT2D eigenvalue weighted by atomic mass is 10.2. The Balaban J connectivity index is 1.91. The van der Waals surface area contributed by atoms with E-state index in [0.29, 0.717) is 36.8 Å². The van der Waals surface area contributed by atoms with E-state index in [0.717, 1.165) is 18.6 Å². The lowest BCUT2D eigenvalue weighted by Gasteiger charge is -2.09. The third-order valence-corrected chi connectivity index (χ3v) is 3.53. The van der Waals surface area contributed by atoms with Gasteiger partial charge in [-0.3, -0.25) is 4.79 Å². The summed E-state index contributed by atoms with van der Waals surface area (Å²) in [6.07, 6.45) is 2.07. The third kappa shape index (κ3) is 6.47. The molecule has 0 aliphatic carbocycles. The quantitative estimate of drug-likeness (QED) is 0.659. The average molecular weight is 343 g/mol. The summed E-state index contributed by atoms with van der Waals surface area (Å²) in [5, 5.41) is 2.87. The predicted octanol–water partition coefficient (Wildman–Crippen LogP) is 4.14. The topological polar surface area (TPSA) is 56.8 Å². The minimum atomic E-state index is -0.172. The van der Waals surface area contributed by atoms with Crippen LogP contribution in [-0.2, 0) is 4.74 Å². The molecule has 5 nitrogen and oxygen atoms in total. The third-order valence-electron chi connectivity index (χ3n) is 3.53. The number of unbranched alkanes of at least 4 members (excludes halogenated alkanes) is 1. The van der Waals surface area contributed by atoms with Crippen molar-refractivity contribution >= 4 is 11.6 Å². The maximum Gasteiger partial charge on any atom is 0.255 e. The van der Waals surface area contributed by atoms with Gasteiger partial charge in [0.15, 0.2) is 0 Å². The maximum absolute atomic E-state index is 12.4. The van der Waals surface area contributed by atoms with E-state index in [2.05, 4.69) is 12.2 Å². The highest BCUT2D eigenvalue weighted by Gasteiger charge is 2.07. The van der Waals surface area contributed by atoms with Crippen molar-refractivity contribution < 1.29 is 19.0 Å². The molecule has 134 valence electrons. The van der Waals surface area contributed by atoms with E-state index in [-0.39, 0.29) is 5.91 Å². The summed E-state index contributed by atoms with van der Waals surface area (Å²) in [5.74, 6) is 1.28. The smallest absolute Gasteiger partial charge is 0.255 e. The highest BCUT2D eigenvalue weighted by atomic mass is 16.5. The molecule has 5 heteroatoms. The Morgan fingerprint density at radius 1 is 0.960 bits per heavy atom. The van der Waals surface area contributed by atoms with Gasteiger partial charge in [0.2, 0.25) is 0 Å². The summed E-state index contributed by atoms with van der Waals surface area (Å²) in [6, 6.07) is 14.5. The predicted molar refractivity (Wildman–Crippen MR) is 98.6 cm³/mol. The fourth-order valence-electron chi connectivity index (χ4n) is 2.14. The molecule has 1 amide bonds. The molecule has 0 fully saturated rings. The summed E-state index contributed by atoms with van der Waals surface area (Å²) in [4.78, 5) is 12.4. The van der Waals surface area contributed by atoms with Crippen LogP contribution in [0.1, 0.15) is 30.1 Å². The van der Waals surface area contributed by atoms with Crippen LogP contribution in [-0.4, -0.2) is 32.8 Å². The van der Waals surface area contributed by atoms with Crippen LogP contribution in [0.4, 0.5) is 5.69 Å². The Labute approximate surface area is 148 Å². The minimum absolute atomic E-state index is 0.172. The zero-order valence-corrected chi connectivity index (χ0v) is 14.8. The van der Waals surface area contributed by atoms with Gasteiger partial charge in [0.05, 0.1) is 13.2 Å². The minimum Gasteiger partial charge on any atom is -0.494 e. The first-order valence-corrected chi connectivity index (χ1v) is 8.49. The van der Waals surface area contributed by atoms with Gasteiger partial charge in [-0.1, -0.05) is 19.4 Å². The Hall–Kier alpha value is -2.53. The molecular formula is C20H25NO4. The molecule has 0 atom stereocenters. The average Bonchev–Trinajstić information content (AvgIpc) is 2.64. The Morgan fingerprint density at radius 3 is 2.44 bits per heavy atom. The van der Waals surface area contributed by atoms with Crippen LogP contribution in [0.3, 0.4) is 0 Å². The molecule has 25 heavy (non-hydrogen) atoms. The lowest BCUT2D eigenvalue weighted by molar-refractivity contribution is 0.102. The first-order chi connectivity index (χ1) is 12.2. The standard InChI is InChI=1S/C20H25NO4/c1-3-4-12-24-19-7-5-6-16(15-19)20(22)21-17-8-10-18(11-9-17)25-14-13-23-2/h5-11,15H,3-4,12-14H2,1-2H3,(H,21,22). The summed E-state index contributed by atoms with van der Waals surface area (Å²) in [6.45, 7) is 3.80. The zero-order valence-electron chi connectivity index (χ0n) is 14.8. The summed E-state index contributed by atoms with van der Waals surface area (Å²) in [5.41, 5.74) is 1.27. The summed E-state index contributed by atoms with van der Waals surface area (Å²) >= 11 is 0. The van der Waals surface area contributed by atoms with Gasteiger partial charge in [-0.2, -0.15) is 0 Å². The van der Waals surface area contributed by atoms with E-state index in [4.69, 9.17) is 14.2 Å². The van der Waals surface area contributed by atoms with Gasteiger partial charge in [-0.15, -0.1) is 0 Å². The number of rotatable bonds is 10. The molecule has 0 aliphatic heterocycles. The fourth-order valence-corrected chi connectivity index (χ4v) is 2.14. The number of benzene rings is 2. The van der Waals surface area contributed by atoms with Crippen LogP contribution in [0.15, 0.2) is 48.5 Å². The zero-order chi connectivity index (χ0) is 17.9. The summed E-state index contributed by atoms with van der Waals surface area (Å²) < 4.78 is 16.1. The van der Waals surface area contributed by atoms with Gasteiger partial charge in [0.25, 0.3) is 5.91 Å². The normalized spacial score (nSPS) is 10.3. The van der Waals surface area contributed by atoms with Crippen LogP contribution >= 0.6 is 0 Å².